The standard InChI is InChI=1S/C17H18N2/c1-13-6-14(2)8-17(7-13)12-19-11-16-5-3-4-15(9-16)10-18/h3-9,19H,11-12H2,1-2H3. The predicted octanol–water partition coefficient (Wildman–Crippen LogP) is 3.46. The van der Waals surface area contributed by atoms with E-state index in [0.29, 0.717) is 5.56 Å². The van der Waals surface area contributed by atoms with Crippen molar-refractivity contribution in [3.05, 3.63) is 70.3 Å². The molecule has 0 heterocycles. The molecule has 0 aromatic heterocycles. The van der Waals surface area contributed by atoms with Gasteiger partial charge in [-0.25, -0.2) is 0 Å². The lowest BCUT2D eigenvalue weighted by molar-refractivity contribution is 0.692. The minimum atomic E-state index is 0.714. The zero-order chi connectivity index (χ0) is 13.7. The molecule has 2 heteroatoms. The summed E-state index contributed by atoms with van der Waals surface area (Å²) in [6.45, 7) is 5.86. The van der Waals surface area contributed by atoms with E-state index in [9.17, 15) is 0 Å². The first-order chi connectivity index (χ1) is 9.17. The summed E-state index contributed by atoms with van der Waals surface area (Å²) >= 11 is 0. The van der Waals surface area contributed by atoms with E-state index in [4.69, 9.17) is 5.26 Å². The summed E-state index contributed by atoms with van der Waals surface area (Å²) in [4.78, 5) is 0. The quantitative estimate of drug-likeness (QED) is 0.902. The molecule has 0 spiro atoms. The third kappa shape index (κ3) is 3.94. The van der Waals surface area contributed by atoms with Crippen molar-refractivity contribution in [2.24, 2.45) is 0 Å². The summed E-state index contributed by atoms with van der Waals surface area (Å²) in [5.74, 6) is 0. The molecule has 2 nitrogen and oxygen atoms in total. The molecule has 0 aliphatic rings. The topological polar surface area (TPSA) is 35.8 Å². The van der Waals surface area contributed by atoms with E-state index in [1.165, 1.54) is 16.7 Å². The Hall–Kier alpha value is -2.11. The SMILES string of the molecule is Cc1cc(C)cc(CNCc2cccc(C#N)c2)c1. The highest BCUT2D eigenvalue weighted by atomic mass is 14.8. The normalized spacial score (nSPS) is 10.2. The fourth-order valence-electron chi connectivity index (χ4n) is 2.27. The Morgan fingerprint density at radius 1 is 0.947 bits per heavy atom. The Bertz CT molecular complexity index is 589. The molecule has 96 valence electrons. The van der Waals surface area contributed by atoms with E-state index in [1.54, 1.807) is 0 Å². The summed E-state index contributed by atoms with van der Waals surface area (Å²) in [6, 6.07) is 16.5. The number of nitriles is 1. The Kier molecular flexibility index (Phi) is 4.33. The maximum absolute atomic E-state index is 8.86. The molecule has 0 aliphatic heterocycles. The summed E-state index contributed by atoms with van der Waals surface area (Å²) < 4.78 is 0. The van der Waals surface area contributed by atoms with Crippen LogP contribution in [0.25, 0.3) is 0 Å². The number of benzene rings is 2. The van der Waals surface area contributed by atoms with Crippen LogP contribution in [0, 0.1) is 25.2 Å². The molecule has 2 aromatic rings. The van der Waals surface area contributed by atoms with Gasteiger partial charge in [-0.2, -0.15) is 5.26 Å². The highest BCUT2D eigenvalue weighted by Gasteiger charge is 1.98. The van der Waals surface area contributed by atoms with Crippen LogP contribution in [0.2, 0.25) is 0 Å². The van der Waals surface area contributed by atoms with Gasteiger partial charge in [-0.1, -0.05) is 41.5 Å². The van der Waals surface area contributed by atoms with E-state index in [-0.39, 0.29) is 0 Å². The number of hydrogen-bond acceptors (Lipinski definition) is 2. The van der Waals surface area contributed by atoms with Gasteiger partial charge in [-0.3, -0.25) is 0 Å². The zero-order valence-electron chi connectivity index (χ0n) is 11.4. The van der Waals surface area contributed by atoms with E-state index in [2.05, 4.69) is 43.4 Å². The second-order valence-corrected chi connectivity index (χ2v) is 4.91. The van der Waals surface area contributed by atoms with Gasteiger partial charge in [0.25, 0.3) is 0 Å². The van der Waals surface area contributed by atoms with Crippen LogP contribution in [0.4, 0.5) is 0 Å². The first kappa shape index (κ1) is 13.3. The van der Waals surface area contributed by atoms with Gasteiger partial charge < -0.3 is 5.32 Å². The van der Waals surface area contributed by atoms with Gasteiger partial charge in [-0.05, 0) is 37.1 Å². The maximum Gasteiger partial charge on any atom is 0.0991 e. The molecule has 0 bridgehead atoms. The molecule has 0 radical (unpaired) electrons. The molecule has 2 rings (SSSR count). The third-order valence-electron chi connectivity index (χ3n) is 3.00. The fourth-order valence-corrected chi connectivity index (χ4v) is 2.27. The summed E-state index contributed by atoms with van der Waals surface area (Å²) in [5.41, 5.74) is 5.75. The number of nitrogens with one attached hydrogen (secondary N) is 1. The van der Waals surface area contributed by atoms with Crippen LogP contribution in [-0.4, -0.2) is 0 Å². The van der Waals surface area contributed by atoms with Crippen molar-refractivity contribution in [2.75, 3.05) is 0 Å². The highest BCUT2D eigenvalue weighted by molar-refractivity contribution is 5.33. The van der Waals surface area contributed by atoms with Crippen molar-refractivity contribution in [1.29, 1.82) is 5.26 Å². The van der Waals surface area contributed by atoms with Crippen LogP contribution in [0.15, 0.2) is 42.5 Å². The van der Waals surface area contributed by atoms with Crippen LogP contribution >= 0.6 is 0 Å². The van der Waals surface area contributed by atoms with Crippen molar-refractivity contribution < 1.29 is 0 Å². The molecule has 19 heavy (non-hydrogen) atoms. The number of hydrogen-bond donors (Lipinski definition) is 1. The molecule has 0 unspecified atom stereocenters. The molecule has 0 saturated carbocycles. The minimum absolute atomic E-state index is 0.714. The smallest absolute Gasteiger partial charge is 0.0991 e. The molecule has 0 atom stereocenters. The molecule has 0 amide bonds. The van der Waals surface area contributed by atoms with Gasteiger partial charge in [0.2, 0.25) is 0 Å². The van der Waals surface area contributed by atoms with E-state index < -0.39 is 0 Å². The largest absolute Gasteiger partial charge is 0.309 e. The summed E-state index contributed by atoms with van der Waals surface area (Å²) in [7, 11) is 0. The summed E-state index contributed by atoms with van der Waals surface area (Å²) in [5, 5.41) is 12.3. The van der Waals surface area contributed by atoms with Crippen molar-refractivity contribution in [2.45, 2.75) is 26.9 Å². The van der Waals surface area contributed by atoms with Crippen molar-refractivity contribution in [3.63, 3.8) is 0 Å². The number of aryl methyl sites for hydroxylation is 2. The molecule has 2 aromatic carbocycles. The molecular formula is C17H18N2. The fraction of sp³-hybridized carbons (Fsp3) is 0.235. The van der Waals surface area contributed by atoms with E-state index in [1.807, 2.05) is 24.3 Å². The van der Waals surface area contributed by atoms with Crippen molar-refractivity contribution in [3.8, 4) is 6.07 Å². The van der Waals surface area contributed by atoms with Gasteiger partial charge >= 0.3 is 0 Å². The molecule has 1 N–H and O–H groups in total. The summed E-state index contributed by atoms with van der Waals surface area (Å²) in [6.07, 6.45) is 0. The van der Waals surface area contributed by atoms with Gasteiger partial charge in [0.15, 0.2) is 0 Å². The van der Waals surface area contributed by atoms with Crippen LogP contribution in [-0.2, 0) is 13.1 Å². The average molecular weight is 250 g/mol. The maximum atomic E-state index is 8.86. The monoisotopic (exact) mass is 250 g/mol. The predicted molar refractivity (Wildman–Crippen MR) is 77.6 cm³/mol. The minimum Gasteiger partial charge on any atom is -0.309 e. The zero-order valence-corrected chi connectivity index (χ0v) is 11.4. The van der Waals surface area contributed by atoms with Crippen molar-refractivity contribution in [1.82, 2.24) is 5.32 Å². The second kappa shape index (κ2) is 6.17. The van der Waals surface area contributed by atoms with Gasteiger partial charge in [0.1, 0.15) is 0 Å². The number of rotatable bonds is 4. The lowest BCUT2D eigenvalue weighted by atomic mass is 10.1. The second-order valence-electron chi connectivity index (χ2n) is 4.91. The van der Waals surface area contributed by atoms with Crippen molar-refractivity contribution >= 4 is 0 Å². The molecule has 0 saturated heterocycles. The molecule has 0 aliphatic carbocycles. The van der Waals surface area contributed by atoms with Crippen LogP contribution < -0.4 is 5.32 Å². The first-order valence-corrected chi connectivity index (χ1v) is 6.44. The Labute approximate surface area is 114 Å². The van der Waals surface area contributed by atoms with Gasteiger partial charge in [0, 0.05) is 13.1 Å². The average Bonchev–Trinajstić information content (AvgIpc) is 2.38. The van der Waals surface area contributed by atoms with Crippen LogP contribution in [0.5, 0.6) is 0 Å². The number of nitrogens with zero attached hydrogens (tertiary/aromatic N) is 1. The lowest BCUT2D eigenvalue weighted by Gasteiger charge is -2.07. The Balaban J connectivity index is 1.94. The Morgan fingerprint density at radius 3 is 2.32 bits per heavy atom. The first-order valence-electron chi connectivity index (χ1n) is 6.44. The molecule has 0 fully saturated rings. The third-order valence-corrected chi connectivity index (χ3v) is 3.00. The van der Waals surface area contributed by atoms with Gasteiger partial charge in [-0.15, -0.1) is 0 Å². The van der Waals surface area contributed by atoms with Gasteiger partial charge in [0.05, 0.1) is 11.6 Å². The Morgan fingerprint density at radius 2 is 1.63 bits per heavy atom. The van der Waals surface area contributed by atoms with Crippen LogP contribution in [0.1, 0.15) is 27.8 Å². The lowest BCUT2D eigenvalue weighted by Crippen LogP contribution is -2.13. The van der Waals surface area contributed by atoms with Crippen LogP contribution in [0.3, 0.4) is 0 Å². The highest BCUT2D eigenvalue weighted by Crippen LogP contribution is 2.09. The van der Waals surface area contributed by atoms with E-state index in [0.717, 1.165) is 18.7 Å². The van der Waals surface area contributed by atoms with E-state index >= 15 is 0 Å². The molecular weight excluding hydrogens is 232 g/mol.